The predicted molar refractivity (Wildman–Crippen MR) is 56.9 cm³/mol. The lowest BCUT2D eigenvalue weighted by molar-refractivity contribution is -0.137. The van der Waals surface area contributed by atoms with Gasteiger partial charge < -0.3 is 9.84 Å². The number of carboxylic acids is 1. The summed E-state index contributed by atoms with van der Waals surface area (Å²) in [6.45, 7) is 2.01. The number of carbonyl (C=O) groups excluding carboxylic acids is 1. The molecule has 1 aromatic heterocycles. The second kappa shape index (κ2) is 5.65. The minimum Gasteiger partial charge on any atom is -0.477 e. The Labute approximate surface area is 92.4 Å². The molecule has 0 amide bonds. The maximum Gasteiger partial charge on any atom is 0.354 e. The molecule has 1 N–H and O–H groups in total. The van der Waals surface area contributed by atoms with E-state index in [1.165, 1.54) is 24.4 Å². The van der Waals surface area contributed by atoms with Gasteiger partial charge in [-0.3, -0.25) is 0 Å². The summed E-state index contributed by atoms with van der Waals surface area (Å²) in [5.41, 5.74) is 0.520. The number of aromatic carboxylic acids is 1. The first kappa shape index (κ1) is 11.9. The molecule has 0 aliphatic heterocycles. The number of hydrogen-bond acceptors (Lipinski definition) is 4. The predicted octanol–water partition coefficient (Wildman–Crippen LogP) is 1.36. The van der Waals surface area contributed by atoms with Gasteiger partial charge in [0.05, 0.1) is 6.61 Å². The zero-order valence-corrected chi connectivity index (χ0v) is 8.71. The summed E-state index contributed by atoms with van der Waals surface area (Å²) in [5, 5.41) is 8.69. The number of ether oxygens (including phenoxy) is 1. The van der Waals surface area contributed by atoms with Crippen molar-refractivity contribution in [2.24, 2.45) is 0 Å². The molecule has 0 aromatic carbocycles. The topological polar surface area (TPSA) is 76.5 Å². The molecule has 0 fully saturated rings. The lowest BCUT2D eigenvalue weighted by Gasteiger charge is -1.96. The van der Waals surface area contributed by atoms with E-state index in [4.69, 9.17) is 5.11 Å². The summed E-state index contributed by atoms with van der Waals surface area (Å²) in [5.74, 6) is -1.57. The monoisotopic (exact) mass is 221 g/mol. The number of esters is 1. The van der Waals surface area contributed by atoms with Gasteiger partial charge in [-0.2, -0.15) is 0 Å². The number of aromatic nitrogens is 1. The third-order valence-corrected chi connectivity index (χ3v) is 1.70. The molecule has 5 heteroatoms. The summed E-state index contributed by atoms with van der Waals surface area (Å²) in [6.07, 6.45) is 4.09. The Morgan fingerprint density at radius 3 is 2.94 bits per heavy atom. The summed E-state index contributed by atoms with van der Waals surface area (Å²) < 4.78 is 4.68. The van der Waals surface area contributed by atoms with Crippen molar-refractivity contribution >= 4 is 18.0 Å². The van der Waals surface area contributed by atoms with Crippen LogP contribution in [0, 0.1) is 0 Å². The molecule has 84 valence electrons. The summed E-state index contributed by atoms with van der Waals surface area (Å²) in [7, 11) is 0. The van der Waals surface area contributed by atoms with Gasteiger partial charge in [0, 0.05) is 12.3 Å². The molecule has 5 nitrogen and oxygen atoms in total. The van der Waals surface area contributed by atoms with Gasteiger partial charge in [0.15, 0.2) is 0 Å². The van der Waals surface area contributed by atoms with Crippen LogP contribution in [0.25, 0.3) is 6.08 Å². The van der Waals surface area contributed by atoms with Crippen LogP contribution >= 0.6 is 0 Å². The minimum atomic E-state index is -1.11. The van der Waals surface area contributed by atoms with E-state index in [0.717, 1.165) is 0 Å². The molecule has 0 atom stereocenters. The van der Waals surface area contributed by atoms with Crippen molar-refractivity contribution in [1.82, 2.24) is 4.98 Å². The van der Waals surface area contributed by atoms with E-state index in [1.807, 2.05) is 0 Å². The van der Waals surface area contributed by atoms with Gasteiger partial charge in [0.1, 0.15) is 5.69 Å². The minimum absolute atomic E-state index is 0.0639. The Morgan fingerprint density at radius 2 is 2.31 bits per heavy atom. The van der Waals surface area contributed by atoms with Gasteiger partial charge in [-0.1, -0.05) is 0 Å². The quantitative estimate of drug-likeness (QED) is 0.613. The van der Waals surface area contributed by atoms with Crippen molar-refractivity contribution in [2.75, 3.05) is 6.61 Å². The maximum atomic E-state index is 11.0. The summed E-state index contributed by atoms with van der Waals surface area (Å²) in [4.78, 5) is 25.3. The lowest BCUT2D eigenvalue weighted by atomic mass is 10.2. The number of rotatable bonds is 4. The number of carbonyl (C=O) groups is 2. The molecule has 0 aliphatic carbocycles. The van der Waals surface area contributed by atoms with E-state index in [2.05, 4.69) is 9.72 Å². The first-order chi connectivity index (χ1) is 7.63. The Bertz CT molecular complexity index is 426. The molecule has 1 rings (SSSR count). The third-order valence-electron chi connectivity index (χ3n) is 1.70. The number of pyridine rings is 1. The fourth-order valence-corrected chi connectivity index (χ4v) is 1.02. The van der Waals surface area contributed by atoms with E-state index in [-0.39, 0.29) is 5.69 Å². The molecule has 0 saturated carbocycles. The molecule has 16 heavy (non-hydrogen) atoms. The highest BCUT2D eigenvalue weighted by molar-refractivity contribution is 5.88. The molecule has 0 saturated heterocycles. The van der Waals surface area contributed by atoms with Crippen LogP contribution in [0.2, 0.25) is 0 Å². The smallest absolute Gasteiger partial charge is 0.354 e. The SMILES string of the molecule is CCOC(=O)C=Cc1ccnc(C(=O)O)c1. The van der Waals surface area contributed by atoms with Crippen LogP contribution in [0.5, 0.6) is 0 Å². The average Bonchev–Trinajstić information content (AvgIpc) is 2.27. The van der Waals surface area contributed by atoms with Gasteiger partial charge in [0.25, 0.3) is 0 Å². The molecular formula is C11H11NO4. The van der Waals surface area contributed by atoms with Gasteiger partial charge in [-0.15, -0.1) is 0 Å². The van der Waals surface area contributed by atoms with Crippen LogP contribution in [-0.4, -0.2) is 28.6 Å². The summed E-state index contributed by atoms with van der Waals surface area (Å²) >= 11 is 0. The molecule has 0 bridgehead atoms. The van der Waals surface area contributed by atoms with Crippen molar-refractivity contribution in [3.8, 4) is 0 Å². The first-order valence-electron chi connectivity index (χ1n) is 4.67. The van der Waals surface area contributed by atoms with Crippen LogP contribution in [0.3, 0.4) is 0 Å². The highest BCUT2D eigenvalue weighted by Crippen LogP contribution is 2.04. The van der Waals surface area contributed by atoms with Crippen LogP contribution in [0.4, 0.5) is 0 Å². The fraction of sp³-hybridized carbons (Fsp3) is 0.182. The maximum absolute atomic E-state index is 11.0. The highest BCUT2D eigenvalue weighted by Gasteiger charge is 2.03. The van der Waals surface area contributed by atoms with Crippen LogP contribution < -0.4 is 0 Å². The second-order valence-corrected chi connectivity index (χ2v) is 2.86. The van der Waals surface area contributed by atoms with E-state index >= 15 is 0 Å². The van der Waals surface area contributed by atoms with Crippen molar-refractivity contribution in [1.29, 1.82) is 0 Å². The van der Waals surface area contributed by atoms with Crippen LogP contribution in [0.15, 0.2) is 24.4 Å². The first-order valence-corrected chi connectivity index (χ1v) is 4.67. The van der Waals surface area contributed by atoms with Crippen molar-refractivity contribution in [3.05, 3.63) is 35.7 Å². The van der Waals surface area contributed by atoms with Crippen molar-refractivity contribution < 1.29 is 19.4 Å². The van der Waals surface area contributed by atoms with Gasteiger partial charge in [0.2, 0.25) is 0 Å². The van der Waals surface area contributed by atoms with E-state index in [0.29, 0.717) is 12.2 Å². The molecule has 1 heterocycles. The van der Waals surface area contributed by atoms with Crippen molar-refractivity contribution in [3.63, 3.8) is 0 Å². The normalized spacial score (nSPS) is 10.3. The fourth-order valence-electron chi connectivity index (χ4n) is 1.02. The number of hydrogen-bond donors (Lipinski definition) is 1. The largest absolute Gasteiger partial charge is 0.477 e. The zero-order chi connectivity index (χ0) is 12.0. The Hall–Kier alpha value is -2.17. The zero-order valence-electron chi connectivity index (χ0n) is 8.71. The average molecular weight is 221 g/mol. The number of nitrogens with zero attached hydrogens (tertiary/aromatic N) is 1. The Balaban J connectivity index is 2.77. The lowest BCUT2D eigenvalue weighted by Crippen LogP contribution is -2.00. The molecule has 1 aromatic rings. The van der Waals surface area contributed by atoms with E-state index in [9.17, 15) is 9.59 Å². The summed E-state index contributed by atoms with van der Waals surface area (Å²) in [6, 6.07) is 2.97. The van der Waals surface area contributed by atoms with Gasteiger partial charge in [-0.05, 0) is 30.7 Å². The number of carboxylic acid groups (broad SMARTS) is 1. The molecule has 0 spiro atoms. The molecular weight excluding hydrogens is 210 g/mol. The highest BCUT2D eigenvalue weighted by atomic mass is 16.5. The second-order valence-electron chi connectivity index (χ2n) is 2.86. The van der Waals surface area contributed by atoms with Gasteiger partial charge >= 0.3 is 11.9 Å². The van der Waals surface area contributed by atoms with Gasteiger partial charge in [-0.25, -0.2) is 14.6 Å². The molecule has 0 aliphatic rings. The Morgan fingerprint density at radius 1 is 1.56 bits per heavy atom. The third kappa shape index (κ3) is 3.53. The van der Waals surface area contributed by atoms with E-state index in [1.54, 1.807) is 13.0 Å². The van der Waals surface area contributed by atoms with Crippen molar-refractivity contribution in [2.45, 2.75) is 6.92 Å². The molecule has 0 unspecified atom stereocenters. The van der Waals surface area contributed by atoms with Crippen LogP contribution in [0.1, 0.15) is 23.0 Å². The molecule has 0 radical (unpaired) electrons. The standard InChI is InChI=1S/C11H11NO4/c1-2-16-10(13)4-3-8-5-6-12-9(7-8)11(14)15/h3-7H,2H2,1H3,(H,14,15). The van der Waals surface area contributed by atoms with Crippen LogP contribution in [-0.2, 0) is 9.53 Å². The van der Waals surface area contributed by atoms with E-state index < -0.39 is 11.9 Å². The Kier molecular flexibility index (Phi) is 4.20.